The predicted molar refractivity (Wildman–Crippen MR) is 66.2 cm³/mol. The molecule has 7 heteroatoms. The van der Waals surface area contributed by atoms with Crippen LogP contribution in [0.5, 0.6) is 0 Å². The fraction of sp³-hybridized carbons (Fsp3) is 0.308. The molecular formula is C13H12F3N3O. The molecule has 0 saturated carbocycles. The van der Waals surface area contributed by atoms with Crippen molar-refractivity contribution in [3.05, 3.63) is 35.5 Å². The Bertz CT molecular complexity index is 615. The van der Waals surface area contributed by atoms with E-state index in [1.165, 1.54) is 16.8 Å². The molecule has 4 nitrogen and oxygen atoms in total. The van der Waals surface area contributed by atoms with Crippen molar-refractivity contribution in [1.29, 1.82) is 0 Å². The van der Waals surface area contributed by atoms with Gasteiger partial charge in [0.2, 0.25) is 0 Å². The highest BCUT2D eigenvalue weighted by Crippen LogP contribution is 2.31. The van der Waals surface area contributed by atoms with Gasteiger partial charge in [0.1, 0.15) is 0 Å². The maximum Gasteiger partial charge on any atom is 0.416 e. The molecule has 0 fully saturated rings. The third-order valence-electron chi connectivity index (χ3n) is 2.81. The van der Waals surface area contributed by atoms with Crippen LogP contribution in [-0.4, -0.2) is 21.3 Å². The summed E-state index contributed by atoms with van der Waals surface area (Å²) in [6.45, 7) is 3.69. The van der Waals surface area contributed by atoms with Gasteiger partial charge in [-0.05, 0) is 26.0 Å². The molecule has 0 unspecified atom stereocenters. The summed E-state index contributed by atoms with van der Waals surface area (Å²) in [5.41, 5.74) is 0.262. The minimum Gasteiger partial charge on any atom is -0.296 e. The SMILES string of the molecule is CC(C)n1nnc(C=O)c1-c1ccc(C(F)(F)F)cc1. The zero-order chi connectivity index (χ0) is 14.9. The Hall–Kier alpha value is -2.18. The van der Waals surface area contributed by atoms with Gasteiger partial charge < -0.3 is 0 Å². The van der Waals surface area contributed by atoms with Gasteiger partial charge in [-0.25, -0.2) is 4.68 Å². The molecule has 0 bridgehead atoms. The fourth-order valence-electron chi connectivity index (χ4n) is 1.84. The summed E-state index contributed by atoms with van der Waals surface area (Å²) in [5.74, 6) is 0. The summed E-state index contributed by atoms with van der Waals surface area (Å²) < 4.78 is 39.1. The maximum absolute atomic E-state index is 12.5. The molecule has 106 valence electrons. The minimum absolute atomic E-state index is 0.0616. The number of halogens is 3. The second kappa shape index (κ2) is 5.07. The van der Waals surface area contributed by atoms with E-state index in [0.29, 0.717) is 17.5 Å². The molecule has 0 atom stereocenters. The average molecular weight is 283 g/mol. The van der Waals surface area contributed by atoms with E-state index in [-0.39, 0.29) is 11.7 Å². The van der Waals surface area contributed by atoms with Gasteiger partial charge in [0.05, 0.1) is 11.3 Å². The van der Waals surface area contributed by atoms with E-state index in [4.69, 9.17) is 0 Å². The molecule has 0 amide bonds. The summed E-state index contributed by atoms with van der Waals surface area (Å²) in [6.07, 6.45) is -3.85. The van der Waals surface area contributed by atoms with Gasteiger partial charge in [0, 0.05) is 11.6 Å². The van der Waals surface area contributed by atoms with Crippen LogP contribution in [0.15, 0.2) is 24.3 Å². The van der Waals surface area contributed by atoms with E-state index < -0.39 is 11.7 Å². The average Bonchev–Trinajstić information content (AvgIpc) is 2.81. The number of carbonyl (C=O) groups is 1. The monoisotopic (exact) mass is 283 g/mol. The minimum atomic E-state index is -4.39. The van der Waals surface area contributed by atoms with Gasteiger partial charge in [-0.15, -0.1) is 5.10 Å². The van der Waals surface area contributed by atoms with Crippen LogP contribution in [0.3, 0.4) is 0 Å². The number of hydrogen-bond acceptors (Lipinski definition) is 3. The second-order valence-corrected chi connectivity index (χ2v) is 4.55. The Morgan fingerprint density at radius 2 is 1.80 bits per heavy atom. The van der Waals surface area contributed by atoms with E-state index in [2.05, 4.69) is 10.3 Å². The first-order valence-corrected chi connectivity index (χ1v) is 5.92. The summed E-state index contributed by atoms with van der Waals surface area (Å²) >= 11 is 0. The lowest BCUT2D eigenvalue weighted by molar-refractivity contribution is -0.137. The van der Waals surface area contributed by atoms with Crippen LogP contribution >= 0.6 is 0 Å². The zero-order valence-electron chi connectivity index (χ0n) is 10.8. The van der Waals surface area contributed by atoms with Crippen molar-refractivity contribution in [2.24, 2.45) is 0 Å². The first kappa shape index (κ1) is 14.2. The van der Waals surface area contributed by atoms with Crippen molar-refractivity contribution in [1.82, 2.24) is 15.0 Å². The number of nitrogens with zero attached hydrogens (tertiary/aromatic N) is 3. The van der Waals surface area contributed by atoms with Gasteiger partial charge in [0.25, 0.3) is 0 Å². The summed E-state index contributed by atoms with van der Waals surface area (Å²) in [6, 6.07) is 4.51. The topological polar surface area (TPSA) is 47.8 Å². The van der Waals surface area contributed by atoms with Gasteiger partial charge >= 0.3 is 6.18 Å². The number of hydrogen-bond donors (Lipinski definition) is 0. The Kier molecular flexibility index (Phi) is 3.61. The predicted octanol–water partition coefficient (Wildman–Crippen LogP) is 3.36. The van der Waals surface area contributed by atoms with Crippen LogP contribution in [0.2, 0.25) is 0 Å². The van der Waals surface area contributed by atoms with Crippen molar-refractivity contribution in [2.45, 2.75) is 26.1 Å². The lowest BCUT2D eigenvalue weighted by atomic mass is 10.1. The second-order valence-electron chi connectivity index (χ2n) is 4.55. The van der Waals surface area contributed by atoms with Crippen LogP contribution in [0.1, 0.15) is 35.9 Å². The van der Waals surface area contributed by atoms with E-state index in [1.54, 1.807) is 0 Å². The number of benzene rings is 1. The highest BCUT2D eigenvalue weighted by molar-refractivity contribution is 5.83. The maximum atomic E-state index is 12.5. The summed E-state index contributed by atoms with van der Waals surface area (Å²) in [5, 5.41) is 7.57. The normalized spacial score (nSPS) is 11.9. The molecule has 20 heavy (non-hydrogen) atoms. The van der Waals surface area contributed by atoms with E-state index >= 15 is 0 Å². The van der Waals surface area contributed by atoms with Gasteiger partial charge in [-0.3, -0.25) is 4.79 Å². The summed E-state index contributed by atoms with van der Waals surface area (Å²) in [4.78, 5) is 11.0. The molecule has 2 aromatic rings. The highest BCUT2D eigenvalue weighted by atomic mass is 19.4. The molecule has 1 aromatic heterocycles. The molecule has 0 radical (unpaired) electrons. The Labute approximate surface area is 113 Å². The first-order chi connectivity index (χ1) is 9.34. The Balaban J connectivity index is 2.51. The fourth-order valence-corrected chi connectivity index (χ4v) is 1.84. The smallest absolute Gasteiger partial charge is 0.296 e. The van der Waals surface area contributed by atoms with Crippen LogP contribution < -0.4 is 0 Å². The quantitative estimate of drug-likeness (QED) is 0.811. The molecule has 0 aliphatic rings. The Morgan fingerprint density at radius 1 is 1.20 bits per heavy atom. The molecule has 1 heterocycles. The molecule has 1 aromatic carbocycles. The molecule has 0 aliphatic carbocycles. The highest BCUT2D eigenvalue weighted by Gasteiger charge is 2.30. The number of carbonyl (C=O) groups excluding carboxylic acids is 1. The van der Waals surface area contributed by atoms with Gasteiger partial charge in [-0.1, -0.05) is 17.3 Å². The standard InChI is InChI=1S/C13H12F3N3O/c1-8(2)19-12(11(7-20)17-18-19)9-3-5-10(6-4-9)13(14,15)16/h3-8H,1-2H3. The number of aromatic nitrogens is 3. The molecular weight excluding hydrogens is 271 g/mol. The zero-order valence-corrected chi connectivity index (χ0v) is 10.8. The van der Waals surface area contributed by atoms with Crippen LogP contribution in [-0.2, 0) is 6.18 Å². The van der Waals surface area contributed by atoms with Crippen LogP contribution in [0.4, 0.5) is 13.2 Å². The summed E-state index contributed by atoms with van der Waals surface area (Å²) in [7, 11) is 0. The van der Waals surface area contributed by atoms with Crippen molar-refractivity contribution in [3.8, 4) is 11.3 Å². The van der Waals surface area contributed by atoms with E-state index in [9.17, 15) is 18.0 Å². The van der Waals surface area contributed by atoms with Gasteiger partial charge in [-0.2, -0.15) is 13.2 Å². The molecule has 0 N–H and O–H groups in total. The lowest BCUT2D eigenvalue weighted by Crippen LogP contribution is -2.07. The van der Waals surface area contributed by atoms with Crippen molar-refractivity contribution < 1.29 is 18.0 Å². The lowest BCUT2D eigenvalue weighted by Gasteiger charge is -2.11. The molecule has 0 spiro atoms. The number of aldehydes is 1. The van der Waals surface area contributed by atoms with Gasteiger partial charge in [0.15, 0.2) is 12.0 Å². The molecule has 0 saturated heterocycles. The van der Waals surface area contributed by atoms with Crippen molar-refractivity contribution in [3.63, 3.8) is 0 Å². The number of alkyl halides is 3. The Morgan fingerprint density at radius 3 is 2.25 bits per heavy atom. The van der Waals surface area contributed by atoms with Crippen LogP contribution in [0, 0.1) is 0 Å². The largest absolute Gasteiger partial charge is 0.416 e. The molecule has 0 aliphatic heterocycles. The third-order valence-corrected chi connectivity index (χ3v) is 2.81. The first-order valence-electron chi connectivity index (χ1n) is 5.92. The van der Waals surface area contributed by atoms with E-state index in [0.717, 1.165) is 12.1 Å². The van der Waals surface area contributed by atoms with Crippen LogP contribution in [0.25, 0.3) is 11.3 Å². The molecule has 2 rings (SSSR count). The van der Waals surface area contributed by atoms with Crippen molar-refractivity contribution >= 4 is 6.29 Å². The van der Waals surface area contributed by atoms with Crippen molar-refractivity contribution in [2.75, 3.05) is 0 Å². The number of rotatable bonds is 3. The third kappa shape index (κ3) is 2.56. The van der Waals surface area contributed by atoms with E-state index in [1.807, 2.05) is 13.8 Å².